The van der Waals surface area contributed by atoms with E-state index in [0.29, 0.717) is 12.0 Å². The van der Waals surface area contributed by atoms with Gasteiger partial charge in [0.15, 0.2) is 0 Å². The van der Waals surface area contributed by atoms with E-state index in [1.165, 1.54) is 19.3 Å². The lowest BCUT2D eigenvalue weighted by Crippen LogP contribution is -2.03. The van der Waals surface area contributed by atoms with E-state index in [-0.39, 0.29) is 0 Å². The molecule has 0 aliphatic rings. The molecule has 0 bridgehead atoms. The summed E-state index contributed by atoms with van der Waals surface area (Å²) in [6.07, 6.45) is 7.32. The Hall–Kier alpha value is -0.790. The van der Waals surface area contributed by atoms with Gasteiger partial charge in [-0.25, -0.2) is 4.79 Å². The van der Waals surface area contributed by atoms with E-state index < -0.39 is 5.97 Å². The lowest BCUT2D eigenvalue weighted by Gasteiger charge is -2.09. The van der Waals surface area contributed by atoms with Crippen molar-refractivity contribution in [3.63, 3.8) is 0 Å². The van der Waals surface area contributed by atoms with Crippen molar-refractivity contribution in [3.8, 4) is 0 Å². The average molecular weight is 212 g/mol. The van der Waals surface area contributed by atoms with Crippen LogP contribution in [0.5, 0.6) is 0 Å². The topological polar surface area (TPSA) is 37.3 Å². The maximum atomic E-state index is 11.0. The smallest absolute Gasteiger partial charge is 0.331 e. The number of allylic oxidation sites excluding steroid dienone is 1. The molecule has 0 aromatic rings. The van der Waals surface area contributed by atoms with Crippen molar-refractivity contribution in [2.75, 3.05) is 0 Å². The molecule has 0 radical (unpaired) electrons. The standard InChI is InChI=1S/C13H24O2/c1-4-7-8-9-10-11(5-2)12(6-3)13(14)15/h4-10H2,1-3H3,(H,14,15)/b12-11+. The molecule has 0 fully saturated rings. The van der Waals surface area contributed by atoms with Gasteiger partial charge in [0.2, 0.25) is 0 Å². The Morgan fingerprint density at radius 2 is 1.67 bits per heavy atom. The van der Waals surface area contributed by atoms with E-state index in [9.17, 15) is 4.79 Å². The van der Waals surface area contributed by atoms with E-state index >= 15 is 0 Å². The largest absolute Gasteiger partial charge is 0.478 e. The summed E-state index contributed by atoms with van der Waals surface area (Å²) >= 11 is 0. The van der Waals surface area contributed by atoms with Gasteiger partial charge < -0.3 is 5.11 Å². The quantitative estimate of drug-likeness (QED) is 0.484. The molecule has 88 valence electrons. The number of rotatable bonds is 8. The second kappa shape index (κ2) is 8.51. The molecule has 0 saturated heterocycles. The highest BCUT2D eigenvalue weighted by Crippen LogP contribution is 2.19. The molecule has 0 atom stereocenters. The SMILES string of the molecule is CCCCCC/C(CC)=C(\CC)C(=O)O. The third-order valence-electron chi connectivity index (χ3n) is 2.80. The fourth-order valence-electron chi connectivity index (χ4n) is 1.86. The molecule has 1 N–H and O–H groups in total. The summed E-state index contributed by atoms with van der Waals surface area (Å²) in [5.41, 5.74) is 1.77. The minimum Gasteiger partial charge on any atom is -0.478 e. The normalized spacial score (nSPS) is 12.5. The van der Waals surface area contributed by atoms with E-state index in [2.05, 4.69) is 6.92 Å². The van der Waals surface area contributed by atoms with Crippen LogP contribution in [-0.4, -0.2) is 11.1 Å². The molecular formula is C13H24O2. The van der Waals surface area contributed by atoms with Gasteiger partial charge in [0, 0.05) is 5.57 Å². The minimum atomic E-state index is -0.732. The summed E-state index contributed by atoms with van der Waals surface area (Å²) in [7, 11) is 0. The zero-order chi connectivity index (χ0) is 11.7. The Morgan fingerprint density at radius 3 is 2.07 bits per heavy atom. The van der Waals surface area contributed by atoms with E-state index in [0.717, 1.165) is 24.8 Å². The third-order valence-corrected chi connectivity index (χ3v) is 2.80. The zero-order valence-electron chi connectivity index (χ0n) is 10.3. The number of unbranched alkanes of at least 4 members (excludes halogenated alkanes) is 3. The van der Waals surface area contributed by atoms with E-state index in [4.69, 9.17) is 5.11 Å². The van der Waals surface area contributed by atoms with Crippen LogP contribution in [0.2, 0.25) is 0 Å². The first-order valence-electron chi connectivity index (χ1n) is 6.11. The number of carboxylic acids is 1. The van der Waals surface area contributed by atoms with Gasteiger partial charge in [-0.2, -0.15) is 0 Å². The van der Waals surface area contributed by atoms with Gasteiger partial charge in [-0.1, -0.05) is 45.6 Å². The highest BCUT2D eigenvalue weighted by atomic mass is 16.4. The van der Waals surface area contributed by atoms with Crippen LogP contribution in [0.4, 0.5) is 0 Å². The molecule has 2 nitrogen and oxygen atoms in total. The predicted octanol–water partition coefficient (Wildman–Crippen LogP) is 4.16. The Labute approximate surface area is 93.4 Å². The van der Waals surface area contributed by atoms with Gasteiger partial charge in [0.05, 0.1) is 0 Å². The lowest BCUT2D eigenvalue weighted by atomic mass is 9.97. The number of carboxylic acid groups (broad SMARTS) is 1. The summed E-state index contributed by atoms with van der Waals surface area (Å²) in [5, 5.41) is 9.02. The van der Waals surface area contributed by atoms with Gasteiger partial charge in [-0.05, 0) is 25.7 Å². The summed E-state index contributed by atoms with van der Waals surface area (Å²) < 4.78 is 0. The molecule has 0 aromatic heterocycles. The summed E-state index contributed by atoms with van der Waals surface area (Å²) in [5.74, 6) is -0.732. The molecule has 0 saturated carbocycles. The molecule has 0 aromatic carbocycles. The number of aliphatic carboxylic acids is 1. The average Bonchev–Trinajstić information content (AvgIpc) is 2.22. The summed E-state index contributed by atoms with van der Waals surface area (Å²) in [6.45, 7) is 6.16. The van der Waals surface area contributed by atoms with Gasteiger partial charge in [-0.3, -0.25) is 0 Å². The highest BCUT2D eigenvalue weighted by Gasteiger charge is 2.10. The van der Waals surface area contributed by atoms with Crippen molar-refractivity contribution in [2.24, 2.45) is 0 Å². The van der Waals surface area contributed by atoms with Crippen molar-refractivity contribution < 1.29 is 9.90 Å². The number of carbonyl (C=O) groups is 1. The lowest BCUT2D eigenvalue weighted by molar-refractivity contribution is -0.132. The van der Waals surface area contributed by atoms with Crippen LogP contribution < -0.4 is 0 Å². The van der Waals surface area contributed by atoms with Crippen LogP contribution in [0.1, 0.15) is 65.7 Å². The van der Waals surface area contributed by atoms with Crippen LogP contribution in [0.15, 0.2) is 11.1 Å². The zero-order valence-corrected chi connectivity index (χ0v) is 10.3. The van der Waals surface area contributed by atoms with Crippen molar-refractivity contribution in [1.29, 1.82) is 0 Å². The van der Waals surface area contributed by atoms with Gasteiger partial charge in [-0.15, -0.1) is 0 Å². The Morgan fingerprint density at radius 1 is 1.00 bits per heavy atom. The molecular weight excluding hydrogens is 188 g/mol. The monoisotopic (exact) mass is 212 g/mol. The molecule has 0 spiro atoms. The fraction of sp³-hybridized carbons (Fsp3) is 0.769. The second-order valence-corrected chi connectivity index (χ2v) is 3.91. The summed E-state index contributed by atoms with van der Waals surface area (Å²) in [6, 6.07) is 0. The van der Waals surface area contributed by atoms with Gasteiger partial charge in [0.1, 0.15) is 0 Å². The van der Waals surface area contributed by atoms with Crippen LogP contribution in [-0.2, 0) is 4.79 Å². The first kappa shape index (κ1) is 14.2. The van der Waals surface area contributed by atoms with Gasteiger partial charge >= 0.3 is 5.97 Å². The molecule has 0 aliphatic carbocycles. The van der Waals surface area contributed by atoms with Crippen LogP contribution in [0.3, 0.4) is 0 Å². The fourth-order valence-corrected chi connectivity index (χ4v) is 1.86. The van der Waals surface area contributed by atoms with Crippen molar-refractivity contribution in [2.45, 2.75) is 65.7 Å². The Bertz CT molecular complexity index is 217. The molecule has 0 unspecified atom stereocenters. The van der Waals surface area contributed by atoms with Gasteiger partial charge in [0.25, 0.3) is 0 Å². The predicted molar refractivity (Wildman–Crippen MR) is 64.0 cm³/mol. The first-order valence-corrected chi connectivity index (χ1v) is 6.11. The van der Waals surface area contributed by atoms with Crippen molar-refractivity contribution in [3.05, 3.63) is 11.1 Å². The Balaban J connectivity index is 4.25. The molecule has 0 heterocycles. The number of hydrogen-bond acceptors (Lipinski definition) is 1. The molecule has 0 amide bonds. The second-order valence-electron chi connectivity index (χ2n) is 3.91. The van der Waals surface area contributed by atoms with Crippen molar-refractivity contribution >= 4 is 5.97 Å². The molecule has 15 heavy (non-hydrogen) atoms. The van der Waals surface area contributed by atoms with Crippen LogP contribution in [0.25, 0.3) is 0 Å². The van der Waals surface area contributed by atoms with Crippen molar-refractivity contribution in [1.82, 2.24) is 0 Å². The van der Waals surface area contributed by atoms with E-state index in [1.54, 1.807) is 0 Å². The highest BCUT2D eigenvalue weighted by molar-refractivity contribution is 5.87. The minimum absolute atomic E-state index is 0.633. The van der Waals surface area contributed by atoms with Crippen LogP contribution in [0, 0.1) is 0 Å². The first-order chi connectivity index (χ1) is 7.17. The molecule has 2 heteroatoms. The van der Waals surface area contributed by atoms with E-state index in [1.807, 2.05) is 13.8 Å². The molecule has 0 aliphatic heterocycles. The third kappa shape index (κ3) is 5.60. The molecule has 0 rings (SSSR count). The summed E-state index contributed by atoms with van der Waals surface area (Å²) in [4.78, 5) is 11.0. The maximum Gasteiger partial charge on any atom is 0.331 e. The number of hydrogen-bond donors (Lipinski definition) is 1. The van der Waals surface area contributed by atoms with Crippen LogP contribution >= 0.6 is 0 Å². The maximum absolute atomic E-state index is 11.0. The Kier molecular flexibility index (Phi) is 8.06.